The van der Waals surface area contributed by atoms with Crippen molar-refractivity contribution < 1.29 is 0 Å². The van der Waals surface area contributed by atoms with Gasteiger partial charge in [0.05, 0.1) is 11.9 Å². The third kappa shape index (κ3) is 3.29. The van der Waals surface area contributed by atoms with Crippen LogP contribution in [0.15, 0.2) is 66.0 Å². The van der Waals surface area contributed by atoms with Crippen LogP contribution >= 0.6 is 11.6 Å². The second kappa shape index (κ2) is 7.04. The van der Waals surface area contributed by atoms with Gasteiger partial charge in [-0.2, -0.15) is 5.10 Å². The Hall–Kier alpha value is -3.12. The summed E-state index contributed by atoms with van der Waals surface area (Å²) in [5.74, 6) is 1.64. The Kier molecular flexibility index (Phi) is 4.36. The summed E-state index contributed by atoms with van der Waals surface area (Å²) in [5.41, 5.74) is 2.98. The smallest absolute Gasteiger partial charge is 0.282 e. The van der Waals surface area contributed by atoms with Crippen molar-refractivity contribution in [2.75, 3.05) is 18.0 Å². The van der Waals surface area contributed by atoms with Crippen LogP contribution in [0.2, 0.25) is 5.02 Å². The van der Waals surface area contributed by atoms with Crippen molar-refractivity contribution in [2.24, 2.45) is 5.92 Å². The topological polar surface area (TPSA) is 55.4 Å². The fourth-order valence-electron chi connectivity index (χ4n) is 3.83. The Morgan fingerprint density at radius 2 is 1.93 bits per heavy atom. The third-order valence-electron chi connectivity index (χ3n) is 5.47. The number of pyridine rings is 1. The monoisotopic (exact) mass is 405 g/mol. The summed E-state index contributed by atoms with van der Waals surface area (Å²) in [6.45, 7) is 4.31. The fraction of sp³-hybridized carbons (Fsp3) is 0.227. The van der Waals surface area contributed by atoms with Gasteiger partial charge >= 0.3 is 0 Å². The van der Waals surface area contributed by atoms with Crippen molar-refractivity contribution in [1.29, 1.82) is 0 Å². The van der Waals surface area contributed by atoms with Crippen molar-refractivity contribution in [3.63, 3.8) is 0 Å². The summed E-state index contributed by atoms with van der Waals surface area (Å²) in [6, 6.07) is 13.3. The van der Waals surface area contributed by atoms with Gasteiger partial charge in [0.25, 0.3) is 5.56 Å². The highest BCUT2D eigenvalue weighted by atomic mass is 35.5. The first kappa shape index (κ1) is 17.9. The molecular weight excluding hydrogens is 386 g/mol. The molecule has 3 aromatic heterocycles. The van der Waals surface area contributed by atoms with E-state index in [1.807, 2.05) is 48.7 Å². The zero-order valence-corrected chi connectivity index (χ0v) is 16.8. The molecule has 4 heterocycles. The van der Waals surface area contributed by atoms with Gasteiger partial charge < -0.3 is 4.90 Å². The molecule has 0 N–H and O–H groups in total. The van der Waals surface area contributed by atoms with Crippen LogP contribution in [0.4, 0.5) is 5.82 Å². The molecule has 1 atom stereocenters. The Morgan fingerprint density at radius 3 is 2.62 bits per heavy atom. The van der Waals surface area contributed by atoms with Crippen LogP contribution in [-0.4, -0.2) is 32.3 Å². The van der Waals surface area contributed by atoms with Crippen molar-refractivity contribution in [2.45, 2.75) is 13.3 Å². The summed E-state index contributed by atoms with van der Waals surface area (Å²) in [6.07, 6.45) is 6.31. The van der Waals surface area contributed by atoms with Gasteiger partial charge in [-0.1, -0.05) is 30.7 Å². The number of hydrogen-bond donors (Lipinski definition) is 0. The van der Waals surface area contributed by atoms with E-state index in [0.717, 1.165) is 30.0 Å². The van der Waals surface area contributed by atoms with Gasteiger partial charge in [-0.25, -0.2) is 9.50 Å². The Bertz CT molecular complexity index is 1230. The number of fused-ring (bicyclic) bond motifs is 1. The van der Waals surface area contributed by atoms with Crippen LogP contribution in [0.5, 0.6) is 0 Å². The molecule has 29 heavy (non-hydrogen) atoms. The first-order valence-corrected chi connectivity index (χ1v) is 10.0. The number of anilines is 1. The number of aromatic nitrogens is 4. The summed E-state index contributed by atoms with van der Waals surface area (Å²) in [7, 11) is 0. The number of rotatable bonds is 3. The highest BCUT2D eigenvalue weighted by Gasteiger charge is 2.19. The Labute approximate surface area is 173 Å². The van der Waals surface area contributed by atoms with Gasteiger partial charge in [-0.05, 0) is 48.2 Å². The largest absolute Gasteiger partial charge is 0.356 e. The number of benzene rings is 1. The van der Waals surface area contributed by atoms with Gasteiger partial charge in [-0.15, -0.1) is 0 Å². The molecule has 1 saturated heterocycles. The maximum absolute atomic E-state index is 13.1. The molecule has 1 fully saturated rings. The maximum atomic E-state index is 13.1. The van der Waals surface area contributed by atoms with E-state index in [1.54, 1.807) is 10.7 Å². The molecule has 0 radical (unpaired) electrons. The van der Waals surface area contributed by atoms with Crippen LogP contribution in [-0.2, 0) is 0 Å². The van der Waals surface area contributed by atoms with Crippen LogP contribution in [0.25, 0.3) is 22.3 Å². The van der Waals surface area contributed by atoms with E-state index in [0.29, 0.717) is 22.1 Å². The molecule has 146 valence electrons. The van der Waals surface area contributed by atoms with Gasteiger partial charge in [0, 0.05) is 29.9 Å². The van der Waals surface area contributed by atoms with E-state index in [4.69, 9.17) is 11.6 Å². The van der Waals surface area contributed by atoms with E-state index in [2.05, 4.69) is 21.9 Å². The molecule has 0 amide bonds. The molecule has 7 heteroatoms. The van der Waals surface area contributed by atoms with Crippen molar-refractivity contribution in [1.82, 2.24) is 19.2 Å². The minimum Gasteiger partial charge on any atom is -0.356 e. The lowest BCUT2D eigenvalue weighted by Crippen LogP contribution is -2.22. The van der Waals surface area contributed by atoms with Gasteiger partial charge in [0.1, 0.15) is 17.7 Å². The van der Waals surface area contributed by atoms with E-state index < -0.39 is 0 Å². The molecule has 1 aliphatic heterocycles. The zero-order chi connectivity index (χ0) is 20.0. The third-order valence-corrected chi connectivity index (χ3v) is 5.72. The predicted octanol–water partition coefficient (Wildman–Crippen LogP) is 4.05. The molecule has 0 bridgehead atoms. The van der Waals surface area contributed by atoms with E-state index in [9.17, 15) is 4.79 Å². The van der Waals surface area contributed by atoms with Gasteiger partial charge in [0.2, 0.25) is 0 Å². The van der Waals surface area contributed by atoms with E-state index in [1.165, 1.54) is 17.3 Å². The molecule has 4 aromatic rings. The second-order valence-corrected chi connectivity index (χ2v) is 8.02. The van der Waals surface area contributed by atoms with Crippen LogP contribution in [0.1, 0.15) is 13.3 Å². The zero-order valence-electron chi connectivity index (χ0n) is 16.0. The highest BCUT2D eigenvalue weighted by molar-refractivity contribution is 6.30. The number of hydrogen-bond acceptors (Lipinski definition) is 4. The van der Waals surface area contributed by atoms with Crippen LogP contribution in [0, 0.1) is 5.92 Å². The van der Waals surface area contributed by atoms with Crippen LogP contribution < -0.4 is 10.5 Å². The molecule has 1 aliphatic rings. The van der Waals surface area contributed by atoms with E-state index >= 15 is 0 Å². The van der Waals surface area contributed by atoms with Gasteiger partial charge in [0.15, 0.2) is 0 Å². The molecule has 5 rings (SSSR count). The summed E-state index contributed by atoms with van der Waals surface area (Å²) in [5, 5.41) is 5.09. The number of nitrogens with zero attached hydrogens (tertiary/aromatic N) is 5. The van der Waals surface area contributed by atoms with Crippen molar-refractivity contribution in [3.05, 3.63) is 76.6 Å². The summed E-state index contributed by atoms with van der Waals surface area (Å²) < 4.78 is 3.14. The molecule has 0 saturated carbocycles. The predicted molar refractivity (Wildman–Crippen MR) is 115 cm³/mol. The molecular formula is C22H20ClN5O. The first-order chi connectivity index (χ1) is 14.1. The second-order valence-electron chi connectivity index (χ2n) is 7.59. The average molecular weight is 406 g/mol. The SMILES string of the molecule is CC1CCN(c2ccc(-n3cnn4cc(-c5ccc(Cl)cc5)cc4c3=O)cn2)C1. The summed E-state index contributed by atoms with van der Waals surface area (Å²) in [4.78, 5) is 19.9. The molecule has 0 spiro atoms. The standard InChI is InChI=1S/C22H20ClN5O/c1-15-8-9-26(12-15)21-7-6-19(11-24-21)27-14-25-28-13-17(10-20(28)22(27)29)16-2-4-18(23)5-3-16/h2-7,10-11,13-15H,8-9,12H2,1H3. The molecule has 1 aromatic carbocycles. The number of halogens is 1. The Balaban J connectivity index is 1.50. The van der Waals surface area contributed by atoms with E-state index in [-0.39, 0.29) is 5.56 Å². The minimum absolute atomic E-state index is 0.135. The maximum Gasteiger partial charge on any atom is 0.282 e. The lowest BCUT2D eigenvalue weighted by Gasteiger charge is -2.17. The quantitative estimate of drug-likeness (QED) is 0.516. The first-order valence-electron chi connectivity index (χ1n) is 9.66. The van der Waals surface area contributed by atoms with Crippen LogP contribution in [0.3, 0.4) is 0 Å². The normalized spacial score (nSPS) is 16.6. The average Bonchev–Trinajstić information content (AvgIpc) is 3.36. The minimum atomic E-state index is -0.135. The lowest BCUT2D eigenvalue weighted by molar-refractivity contribution is 0.659. The highest BCUT2D eigenvalue weighted by Crippen LogP contribution is 2.24. The molecule has 6 nitrogen and oxygen atoms in total. The van der Waals surface area contributed by atoms with Gasteiger partial charge in [-0.3, -0.25) is 9.36 Å². The summed E-state index contributed by atoms with van der Waals surface area (Å²) >= 11 is 5.97. The Morgan fingerprint density at radius 1 is 1.10 bits per heavy atom. The fourth-order valence-corrected chi connectivity index (χ4v) is 3.95. The lowest BCUT2D eigenvalue weighted by atomic mass is 10.1. The van der Waals surface area contributed by atoms with Crippen molar-refractivity contribution in [3.8, 4) is 16.8 Å². The van der Waals surface area contributed by atoms with Crippen molar-refractivity contribution >= 4 is 22.9 Å². The molecule has 1 unspecified atom stereocenters. The molecule has 0 aliphatic carbocycles.